The van der Waals surface area contributed by atoms with Gasteiger partial charge in [-0.1, -0.05) is 0 Å². The van der Waals surface area contributed by atoms with E-state index in [0.717, 1.165) is 0 Å². The Labute approximate surface area is 496 Å². The van der Waals surface area contributed by atoms with Gasteiger partial charge in [-0.3, -0.25) is 11.8 Å². The molecule has 0 atom stereocenters. The van der Waals surface area contributed by atoms with Crippen LogP contribution in [0.4, 0.5) is 0 Å². The monoisotopic (exact) mass is 1010 g/mol. The van der Waals surface area contributed by atoms with E-state index in [0.29, 0.717) is 0 Å². The van der Waals surface area contributed by atoms with Gasteiger partial charge in [0.05, 0.1) is 0 Å². The second kappa shape index (κ2) is 64.7. The van der Waals surface area contributed by atoms with Crippen LogP contribution in [-0.2, 0) is 0 Å². The molecule has 0 heteroatoms. The van der Waals surface area contributed by atoms with Crippen LogP contribution in [-0.4, -0.2) is 0 Å². The van der Waals surface area contributed by atoms with Crippen LogP contribution in [0.2, 0.25) is 0 Å². The van der Waals surface area contributed by atoms with Crippen LogP contribution in [0.5, 0.6) is 0 Å². The van der Waals surface area contributed by atoms with Gasteiger partial charge in [-0.2, -0.15) is 13.8 Å². The van der Waals surface area contributed by atoms with E-state index in [4.69, 9.17) is 0 Å². The zero-order valence-electron chi connectivity index (χ0n) is 42.4. The zero-order valence-corrected chi connectivity index (χ0v) is 42.4. The summed E-state index contributed by atoms with van der Waals surface area (Å²) in [6.45, 7) is 6.63. The van der Waals surface area contributed by atoms with Crippen molar-refractivity contribution in [3.05, 3.63) is 13.8 Å². The van der Waals surface area contributed by atoms with Gasteiger partial charge in [-0.25, -0.2) is 11.8 Å². The molecule has 0 unspecified atom stereocenters. The molecule has 0 radical (unpaired) electrons. The fraction of sp³-hybridized carbons (Fsp3) is 0. The van der Waals surface area contributed by atoms with Gasteiger partial charge < -0.3 is 0 Å². The molecule has 0 aliphatic heterocycles. The van der Waals surface area contributed by atoms with E-state index in [1.165, 1.54) is 0 Å². The topological polar surface area (TPSA) is 0 Å². The molecule has 0 aliphatic rings. The van der Waals surface area contributed by atoms with E-state index in [9.17, 15) is 0 Å². The van der Waals surface area contributed by atoms with Crippen molar-refractivity contribution >= 4 is 0 Å². The molecule has 0 aliphatic carbocycles. The van der Waals surface area contributed by atoms with Crippen LogP contribution < -0.4 is 0 Å². The quantitative estimate of drug-likeness (QED) is 0.249. The largest absolute Gasteiger partial charge is 0.284 e. The molecule has 0 aromatic heterocycles. The summed E-state index contributed by atoms with van der Waals surface area (Å²) in [4.78, 5) is 0. The fourth-order valence-electron chi connectivity index (χ4n) is 2.53. The molecule has 342 valence electrons. The highest BCUT2D eigenvalue weighted by atomic mass is 13.7. The average Bonchev–Trinajstić information content (AvgIpc) is 3.50. The smallest absolute Gasteiger partial charge is 0 e. The molecular formula is C84H4-2. The minimum absolute atomic E-state index is 2.37. The summed E-state index contributed by atoms with van der Waals surface area (Å²) in [5, 5.41) is 0. The van der Waals surface area contributed by atoms with Gasteiger partial charge >= 0.3 is 0 Å². The second-order valence-electron chi connectivity index (χ2n) is 10.4. The van der Waals surface area contributed by atoms with E-state index in [1.54, 1.807) is 0 Å². The van der Waals surface area contributed by atoms with Gasteiger partial charge in [0.2, 0.25) is 0 Å². The Balaban J connectivity index is 4.62. The van der Waals surface area contributed by atoms with Crippen molar-refractivity contribution < 1.29 is 0 Å². The summed E-state index contributed by atoms with van der Waals surface area (Å²) in [6.07, 6.45) is 0. The van der Waals surface area contributed by atoms with Crippen LogP contribution in [0.3, 0.4) is 0 Å². The molecule has 0 saturated carbocycles. The average molecular weight is 1010 g/mol. The van der Waals surface area contributed by atoms with E-state index >= 15 is 0 Å². The lowest BCUT2D eigenvalue weighted by atomic mass is 10.4. The van der Waals surface area contributed by atoms with Gasteiger partial charge in [0.1, 0.15) is 0 Å². The second-order valence-corrected chi connectivity index (χ2v) is 10.4. The Morgan fingerprint density at radius 1 is 0.0595 bits per heavy atom. The number of hydrogen-bond acceptors (Lipinski definition) is 0. The van der Waals surface area contributed by atoms with E-state index in [-0.39, 0.29) is 0 Å². The maximum atomic E-state index is 3.32. The number of rotatable bonds is 0. The lowest BCUT2D eigenvalue weighted by molar-refractivity contribution is 2.31. The first kappa shape index (κ1) is 65.7. The van der Waals surface area contributed by atoms with E-state index < -0.39 is 0 Å². The Morgan fingerprint density at radius 2 is 0.0952 bits per heavy atom. The molecule has 0 amide bonds. The van der Waals surface area contributed by atoms with Crippen molar-refractivity contribution in [1.82, 2.24) is 0 Å². The lowest BCUT2D eigenvalue weighted by Crippen LogP contribution is -1.57. The van der Waals surface area contributed by atoms with Gasteiger partial charge in [-0.15, -0.1) is 11.8 Å². The summed E-state index contributed by atoms with van der Waals surface area (Å²) < 4.78 is 0. The summed E-state index contributed by atoms with van der Waals surface area (Å²) in [5.41, 5.74) is 0. The zero-order chi connectivity index (χ0) is 60.0. The Kier molecular flexibility index (Phi) is 50.6. The first-order valence-corrected chi connectivity index (χ1v) is 21.0. The molecular weight excluding hydrogens is 1010 g/mol. The lowest BCUT2D eigenvalue weighted by Gasteiger charge is -1.64. The summed E-state index contributed by atoms with van der Waals surface area (Å²) in [5.74, 6) is 204. The third kappa shape index (κ3) is 63.7. The molecule has 0 heterocycles. The first-order valence-electron chi connectivity index (χ1n) is 21.0. The van der Waals surface area contributed by atoms with Gasteiger partial charge in [-0.05, 0) is 94.7 Å². The molecule has 0 rings (SSSR count). The Hall–Kier alpha value is -18.3. The SMILES string of the molecule is [CH2-]C#CC#CC#CC#CC#CC#CC#CC#CC#CC#CC#CC#CC#CC#CC#CC#CC#CC#CC#CC#CC#CC#CC#CC#CC#CC#CC#CC#CC#CC#CC#CC#CC#CC#CC#CC#CC#CC#CC#CC#CC#C[CH2-]. The van der Waals surface area contributed by atoms with Crippen molar-refractivity contribution in [2.75, 3.05) is 0 Å². The molecule has 0 aromatic carbocycles. The predicted octanol–water partition coefficient (Wildman–Crippen LogP) is 0.794. The van der Waals surface area contributed by atoms with Crippen molar-refractivity contribution in [2.45, 2.75) is 0 Å². The maximum absolute atomic E-state index is 3.32. The van der Waals surface area contributed by atoms with E-state index in [1.807, 2.05) is 0 Å². The minimum Gasteiger partial charge on any atom is -0.284 e. The predicted molar refractivity (Wildman–Crippen MR) is 330 cm³/mol. The van der Waals surface area contributed by atoms with Crippen LogP contribution in [0.25, 0.3) is 0 Å². The van der Waals surface area contributed by atoms with Crippen molar-refractivity contribution in [3.63, 3.8) is 0 Å². The van der Waals surface area contributed by atoms with Crippen LogP contribution in [0.15, 0.2) is 0 Å². The molecule has 0 bridgehead atoms. The Bertz CT molecular complexity index is 5340. The highest BCUT2D eigenvalue weighted by Crippen LogP contribution is 1.66. The summed E-state index contributed by atoms with van der Waals surface area (Å²) in [6, 6.07) is 0. The first-order chi connectivity index (χ1) is 41.9. The number of hydrogen-bond donors (Lipinski definition) is 0. The molecule has 0 nitrogen and oxygen atoms in total. The molecule has 0 fully saturated rings. The third-order valence-electron chi connectivity index (χ3n) is 5.11. The highest BCUT2D eigenvalue weighted by molar-refractivity contribution is 5.54. The Morgan fingerprint density at radius 3 is 0.131 bits per heavy atom. The van der Waals surface area contributed by atoms with Gasteiger partial charge in [0.15, 0.2) is 0 Å². The van der Waals surface area contributed by atoms with Crippen LogP contribution in [0.1, 0.15) is 0 Å². The van der Waals surface area contributed by atoms with E-state index in [2.05, 4.69) is 499 Å². The molecule has 0 N–H and O–H groups in total. The van der Waals surface area contributed by atoms with Crippen molar-refractivity contribution in [2.24, 2.45) is 0 Å². The van der Waals surface area contributed by atoms with Crippen LogP contribution in [0, 0.1) is 499 Å². The van der Waals surface area contributed by atoms with Crippen molar-refractivity contribution in [1.29, 1.82) is 0 Å². The third-order valence-corrected chi connectivity index (χ3v) is 5.11. The highest BCUT2D eigenvalue weighted by Gasteiger charge is 1.65. The van der Waals surface area contributed by atoms with Crippen LogP contribution >= 0.6 is 0 Å². The molecule has 0 aromatic rings. The fourth-order valence-corrected chi connectivity index (χ4v) is 2.53. The standard InChI is InChI=1S/C84H4/c1-3-5-7-9-11-13-15-17-19-21-23-25-27-29-31-33-35-37-39-41-43-45-47-49-51-53-55-57-59-61-63-65-67-69-71-73-75-77-79-81-83-84-82-80-78-76-74-72-70-68-66-64-62-60-58-56-54-52-50-48-46-44-42-40-38-36-34-32-30-28-26-24-22-20-18-16-14-12-10-8-6-4-2/h1-2H2/q-2. The summed E-state index contributed by atoms with van der Waals surface area (Å²) >= 11 is 0. The molecule has 0 spiro atoms. The maximum Gasteiger partial charge on any atom is 0 e. The molecule has 84 heavy (non-hydrogen) atoms. The normalized spacial score (nSPS) is 3.95. The summed E-state index contributed by atoms with van der Waals surface area (Å²) in [7, 11) is 0. The van der Waals surface area contributed by atoms with Gasteiger partial charge in [0, 0.05) is 355 Å². The van der Waals surface area contributed by atoms with Crippen molar-refractivity contribution in [3.8, 4) is 485 Å². The molecule has 0 saturated heterocycles. The van der Waals surface area contributed by atoms with Gasteiger partial charge in [0.25, 0.3) is 0 Å². The minimum atomic E-state index is 2.37.